The molecule has 0 aliphatic carbocycles. The van der Waals surface area contributed by atoms with E-state index in [0.29, 0.717) is 19.2 Å². The SMILES string of the molecule is CCCOCc1ccccc1CN=C(NCC)NCC(c1cccs1)N1CCOCC1. The van der Waals surface area contributed by atoms with E-state index in [-0.39, 0.29) is 0 Å². The Morgan fingerprint density at radius 2 is 1.94 bits per heavy atom. The predicted octanol–water partition coefficient (Wildman–Crippen LogP) is 3.80. The molecule has 31 heavy (non-hydrogen) atoms. The van der Waals surface area contributed by atoms with Gasteiger partial charge in [-0.25, -0.2) is 4.99 Å². The predicted molar refractivity (Wildman–Crippen MR) is 129 cm³/mol. The van der Waals surface area contributed by atoms with Crippen molar-refractivity contribution in [3.8, 4) is 0 Å². The van der Waals surface area contributed by atoms with Crippen molar-refractivity contribution in [2.24, 2.45) is 4.99 Å². The summed E-state index contributed by atoms with van der Waals surface area (Å²) in [5.74, 6) is 0.849. The zero-order chi connectivity index (χ0) is 21.7. The number of morpholine rings is 1. The summed E-state index contributed by atoms with van der Waals surface area (Å²) in [4.78, 5) is 8.75. The number of hydrogen-bond acceptors (Lipinski definition) is 5. The Labute approximate surface area is 190 Å². The molecule has 7 heteroatoms. The molecular formula is C24H36N4O2S. The van der Waals surface area contributed by atoms with Crippen molar-refractivity contribution in [3.63, 3.8) is 0 Å². The van der Waals surface area contributed by atoms with Crippen LogP contribution in [0.5, 0.6) is 0 Å². The fourth-order valence-corrected chi connectivity index (χ4v) is 4.52. The third-order valence-corrected chi connectivity index (χ3v) is 6.27. The minimum atomic E-state index is 0.322. The van der Waals surface area contributed by atoms with Gasteiger partial charge in [0.2, 0.25) is 0 Å². The van der Waals surface area contributed by atoms with Crippen LogP contribution >= 0.6 is 11.3 Å². The fraction of sp³-hybridized carbons (Fsp3) is 0.542. The van der Waals surface area contributed by atoms with Gasteiger partial charge in [-0.2, -0.15) is 0 Å². The molecule has 0 bridgehead atoms. The van der Waals surface area contributed by atoms with E-state index in [9.17, 15) is 0 Å². The number of nitrogens with zero attached hydrogens (tertiary/aromatic N) is 2. The quantitative estimate of drug-likeness (QED) is 0.314. The normalized spacial score (nSPS) is 16.3. The first-order chi connectivity index (χ1) is 15.3. The van der Waals surface area contributed by atoms with Gasteiger partial charge in [-0.3, -0.25) is 4.90 Å². The Bertz CT molecular complexity index is 776. The maximum Gasteiger partial charge on any atom is 0.191 e. The molecule has 2 heterocycles. The number of guanidine groups is 1. The van der Waals surface area contributed by atoms with Crippen LogP contribution in [0.25, 0.3) is 0 Å². The molecule has 2 aromatic rings. The zero-order valence-electron chi connectivity index (χ0n) is 18.8. The van der Waals surface area contributed by atoms with Gasteiger partial charge in [0, 0.05) is 37.7 Å². The van der Waals surface area contributed by atoms with E-state index < -0.39 is 0 Å². The zero-order valence-corrected chi connectivity index (χ0v) is 19.6. The number of aliphatic imine (C=N–C) groups is 1. The Morgan fingerprint density at radius 3 is 2.65 bits per heavy atom. The number of benzene rings is 1. The number of rotatable bonds is 11. The topological polar surface area (TPSA) is 58.1 Å². The van der Waals surface area contributed by atoms with Crippen molar-refractivity contribution >= 4 is 17.3 Å². The molecule has 1 saturated heterocycles. The molecule has 1 aliphatic heterocycles. The van der Waals surface area contributed by atoms with Crippen LogP contribution in [0.1, 0.15) is 42.3 Å². The van der Waals surface area contributed by atoms with Crippen LogP contribution in [0.3, 0.4) is 0 Å². The summed E-state index contributed by atoms with van der Waals surface area (Å²) in [5, 5.41) is 9.13. The number of hydrogen-bond donors (Lipinski definition) is 2. The molecule has 6 nitrogen and oxygen atoms in total. The van der Waals surface area contributed by atoms with Crippen LogP contribution in [-0.2, 0) is 22.6 Å². The van der Waals surface area contributed by atoms with Crippen LogP contribution in [0.4, 0.5) is 0 Å². The molecule has 3 rings (SSSR count). The number of thiophene rings is 1. The maximum absolute atomic E-state index is 5.76. The Hall–Kier alpha value is -1.93. The first-order valence-corrected chi connectivity index (χ1v) is 12.2. The van der Waals surface area contributed by atoms with Crippen LogP contribution in [-0.4, -0.2) is 56.9 Å². The molecule has 1 aromatic carbocycles. The van der Waals surface area contributed by atoms with E-state index in [2.05, 4.69) is 71.2 Å². The van der Waals surface area contributed by atoms with Crippen molar-refractivity contribution in [3.05, 3.63) is 57.8 Å². The number of ether oxygens (including phenoxy) is 2. The van der Waals surface area contributed by atoms with Gasteiger partial charge in [0.05, 0.1) is 32.4 Å². The summed E-state index contributed by atoms with van der Waals surface area (Å²) in [7, 11) is 0. The molecule has 0 radical (unpaired) electrons. The molecule has 1 aliphatic rings. The highest BCUT2D eigenvalue weighted by Crippen LogP contribution is 2.25. The molecule has 0 spiro atoms. The second-order valence-electron chi connectivity index (χ2n) is 7.58. The fourth-order valence-electron chi connectivity index (χ4n) is 3.66. The molecule has 0 saturated carbocycles. The molecule has 2 N–H and O–H groups in total. The summed E-state index contributed by atoms with van der Waals surface area (Å²) in [6.45, 7) is 11.4. The summed E-state index contributed by atoms with van der Waals surface area (Å²) >= 11 is 1.81. The molecule has 1 atom stereocenters. The smallest absolute Gasteiger partial charge is 0.191 e. The Kier molecular flexibility index (Phi) is 10.3. The second-order valence-corrected chi connectivity index (χ2v) is 8.56. The van der Waals surface area contributed by atoms with Crippen LogP contribution in [0.15, 0.2) is 46.8 Å². The van der Waals surface area contributed by atoms with E-state index in [1.54, 1.807) is 0 Å². The first-order valence-electron chi connectivity index (χ1n) is 11.3. The molecule has 0 amide bonds. The van der Waals surface area contributed by atoms with Crippen molar-refractivity contribution in [2.45, 2.75) is 39.5 Å². The second kappa shape index (κ2) is 13.5. The van der Waals surface area contributed by atoms with Gasteiger partial charge in [0.1, 0.15) is 0 Å². The summed E-state index contributed by atoms with van der Waals surface area (Å²) in [6, 6.07) is 13.1. The first kappa shape index (κ1) is 23.7. The summed E-state index contributed by atoms with van der Waals surface area (Å²) < 4.78 is 11.3. The highest BCUT2D eigenvalue weighted by molar-refractivity contribution is 7.10. The van der Waals surface area contributed by atoms with Gasteiger partial charge < -0.3 is 20.1 Å². The van der Waals surface area contributed by atoms with Gasteiger partial charge in [0.25, 0.3) is 0 Å². The van der Waals surface area contributed by atoms with E-state index in [0.717, 1.165) is 58.4 Å². The van der Waals surface area contributed by atoms with E-state index >= 15 is 0 Å². The van der Waals surface area contributed by atoms with Gasteiger partial charge in [-0.15, -0.1) is 11.3 Å². The Balaban J connectivity index is 1.65. The largest absolute Gasteiger partial charge is 0.379 e. The average molecular weight is 445 g/mol. The lowest BCUT2D eigenvalue weighted by Gasteiger charge is -2.34. The van der Waals surface area contributed by atoms with Gasteiger partial charge >= 0.3 is 0 Å². The highest BCUT2D eigenvalue weighted by Gasteiger charge is 2.23. The van der Waals surface area contributed by atoms with Gasteiger partial charge in [-0.05, 0) is 35.9 Å². The molecular weight excluding hydrogens is 408 g/mol. The third-order valence-electron chi connectivity index (χ3n) is 5.30. The van der Waals surface area contributed by atoms with Crippen molar-refractivity contribution in [1.29, 1.82) is 0 Å². The summed E-state index contributed by atoms with van der Waals surface area (Å²) in [5.41, 5.74) is 2.42. The lowest BCUT2D eigenvalue weighted by atomic mass is 10.1. The highest BCUT2D eigenvalue weighted by atomic mass is 32.1. The lowest BCUT2D eigenvalue weighted by Crippen LogP contribution is -2.46. The van der Waals surface area contributed by atoms with Crippen LogP contribution < -0.4 is 10.6 Å². The third kappa shape index (κ3) is 7.61. The van der Waals surface area contributed by atoms with Crippen LogP contribution in [0.2, 0.25) is 0 Å². The summed E-state index contributed by atoms with van der Waals surface area (Å²) in [6.07, 6.45) is 1.03. The minimum Gasteiger partial charge on any atom is -0.379 e. The standard InChI is InChI=1S/C24H36N4O2S/c1-3-13-30-19-21-9-6-5-8-20(21)17-26-24(25-4-2)27-18-22(23-10-7-16-31-23)28-11-14-29-15-12-28/h5-10,16,22H,3-4,11-15,17-19H2,1-2H3,(H2,25,26,27). The Morgan fingerprint density at radius 1 is 1.13 bits per heavy atom. The minimum absolute atomic E-state index is 0.322. The van der Waals surface area contributed by atoms with Crippen molar-refractivity contribution in [1.82, 2.24) is 15.5 Å². The van der Waals surface area contributed by atoms with E-state index in [1.807, 2.05) is 11.3 Å². The van der Waals surface area contributed by atoms with Gasteiger partial charge in [0.15, 0.2) is 5.96 Å². The van der Waals surface area contributed by atoms with Crippen molar-refractivity contribution < 1.29 is 9.47 Å². The van der Waals surface area contributed by atoms with E-state index in [4.69, 9.17) is 14.5 Å². The molecule has 1 fully saturated rings. The van der Waals surface area contributed by atoms with Gasteiger partial charge in [-0.1, -0.05) is 37.3 Å². The molecule has 1 unspecified atom stereocenters. The average Bonchev–Trinajstić information content (AvgIpc) is 3.34. The molecule has 170 valence electrons. The monoisotopic (exact) mass is 444 g/mol. The lowest BCUT2D eigenvalue weighted by molar-refractivity contribution is 0.0177. The molecule has 1 aromatic heterocycles. The maximum atomic E-state index is 5.76. The van der Waals surface area contributed by atoms with E-state index in [1.165, 1.54) is 16.0 Å². The van der Waals surface area contributed by atoms with Crippen molar-refractivity contribution in [2.75, 3.05) is 46.0 Å². The van der Waals surface area contributed by atoms with Crippen LogP contribution in [0, 0.1) is 0 Å². The number of nitrogens with one attached hydrogen (secondary N) is 2.